The van der Waals surface area contributed by atoms with E-state index in [-0.39, 0.29) is 0 Å². The molecule has 0 aromatic carbocycles. The molecule has 1 unspecified atom stereocenters. The molecule has 1 N–H and O–H groups in total. The Labute approximate surface area is 115 Å². The Morgan fingerprint density at radius 3 is 3.16 bits per heavy atom. The van der Waals surface area contributed by atoms with Crippen molar-refractivity contribution in [3.8, 4) is 0 Å². The third kappa shape index (κ3) is 2.70. The van der Waals surface area contributed by atoms with Gasteiger partial charge in [0, 0.05) is 12.5 Å². The lowest BCUT2D eigenvalue weighted by Crippen LogP contribution is -2.14. The first-order valence-corrected chi connectivity index (χ1v) is 7.30. The van der Waals surface area contributed by atoms with E-state index in [4.69, 9.17) is 9.57 Å². The second kappa shape index (κ2) is 5.40. The van der Waals surface area contributed by atoms with Gasteiger partial charge in [-0.3, -0.25) is 4.84 Å². The summed E-state index contributed by atoms with van der Waals surface area (Å²) in [5.41, 5.74) is 4.16. The van der Waals surface area contributed by atoms with Crippen molar-refractivity contribution in [2.75, 3.05) is 25.3 Å². The zero-order valence-electron chi connectivity index (χ0n) is 11.1. The maximum absolute atomic E-state index is 5.58. The Kier molecular flexibility index (Phi) is 3.63. The SMILES string of the molecule is Cc1nc(NOCC2CCOC2)c2c(C)csc2n1. The van der Waals surface area contributed by atoms with Gasteiger partial charge in [0.25, 0.3) is 0 Å². The van der Waals surface area contributed by atoms with Crippen LogP contribution in [0.4, 0.5) is 5.82 Å². The summed E-state index contributed by atoms with van der Waals surface area (Å²) in [4.78, 5) is 15.4. The van der Waals surface area contributed by atoms with Crippen LogP contribution in [0.15, 0.2) is 5.38 Å². The standard InChI is InChI=1S/C13H17N3O2S/c1-8-7-19-13-11(8)12(14-9(2)15-13)16-18-6-10-3-4-17-5-10/h7,10H,3-6H2,1-2H3,(H,14,15,16). The summed E-state index contributed by atoms with van der Waals surface area (Å²) in [5, 5.41) is 3.15. The van der Waals surface area contributed by atoms with Gasteiger partial charge in [-0.05, 0) is 31.2 Å². The molecule has 6 heteroatoms. The topological polar surface area (TPSA) is 56.3 Å². The molecular formula is C13H17N3O2S. The van der Waals surface area contributed by atoms with Crippen molar-refractivity contribution in [1.29, 1.82) is 0 Å². The number of nitrogens with one attached hydrogen (secondary N) is 1. The van der Waals surface area contributed by atoms with Crippen molar-refractivity contribution in [3.05, 3.63) is 16.8 Å². The van der Waals surface area contributed by atoms with Crippen LogP contribution in [0.25, 0.3) is 10.2 Å². The lowest BCUT2D eigenvalue weighted by molar-refractivity contribution is 0.126. The summed E-state index contributed by atoms with van der Waals surface area (Å²) in [6.07, 6.45) is 1.07. The molecular weight excluding hydrogens is 262 g/mol. The molecule has 0 radical (unpaired) electrons. The quantitative estimate of drug-likeness (QED) is 0.872. The number of aryl methyl sites for hydroxylation is 2. The minimum atomic E-state index is 0.481. The molecule has 0 bridgehead atoms. The molecule has 3 rings (SSSR count). The van der Waals surface area contributed by atoms with Crippen molar-refractivity contribution in [2.24, 2.45) is 5.92 Å². The van der Waals surface area contributed by atoms with E-state index < -0.39 is 0 Å². The van der Waals surface area contributed by atoms with Crippen LogP contribution in [0.3, 0.4) is 0 Å². The first-order valence-electron chi connectivity index (χ1n) is 6.42. The van der Waals surface area contributed by atoms with Gasteiger partial charge in [-0.25, -0.2) is 15.4 Å². The van der Waals surface area contributed by atoms with Crippen LogP contribution in [0.5, 0.6) is 0 Å². The number of ether oxygens (including phenoxy) is 1. The van der Waals surface area contributed by atoms with E-state index in [0.29, 0.717) is 12.5 Å². The van der Waals surface area contributed by atoms with Crippen molar-refractivity contribution >= 4 is 27.4 Å². The molecule has 19 heavy (non-hydrogen) atoms. The lowest BCUT2D eigenvalue weighted by Gasteiger charge is -2.11. The maximum atomic E-state index is 5.58. The number of hydrogen-bond donors (Lipinski definition) is 1. The van der Waals surface area contributed by atoms with E-state index in [2.05, 4.69) is 27.8 Å². The molecule has 1 saturated heterocycles. The molecule has 1 atom stereocenters. The van der Waals surface area contributed by atoms with Crippen LogP contribution in [0.1, 0.15) is 17.8 Å². The second-order valence-corrected chi connectivity index (χ2v) is 5.72. The second-order valence-electron chi connectivity index (χ2n) is 4.86. The van der Waals surface area contributed by atoms with E-state index in [1.165, 1.54) is 5.56 Å². The van der Waals surface area contributed by atoms with Crippen LogP contribution in [0.2, 0.25) is 0 Å². The molecule has 1 aliphatic rings. The highest BCUT2D eigenvalue weighted by atomic mass is 32.1. The Bertz CT molecular complexity index is 579. The van der Waals surface area contributed by atoms with Gasteiger partial charge in [-0.2, -0.15) is 0 Å². The lowest BCUT2D eigenvalue weighted by atomic mass is 10.1. The zero-order valence-corrected chi connectivity index (χ0v) is 11.9. The minimum absolute atomic E-state index is 0.481. The van der Waals surface area contributed by atoms with Crippen LogP contribution < -0.4 is 5.48 Å². The summed E-state index contributed by atoms with van der Waals surface area (Å²) in [7, 11) is 0. The number of fused-ring (bicyclic) bond motifs is 1. The molecule has 5 nitrogen and oxygen atoms in total. The Morgan fingerprint density at radius 1 is 1.47 bits per heavy atom. The molecule has 0 aliphatic carbocycles. The third-order valence-electron chi connectivity index (χ3n) is 3.24. The normalized spacial score (nSPS) is 19.2. The molecule has 0 saturated carbocycles. The Morgan fingerprint density at radius 2 is 2.37 bits per heavy atom. The maximum Gasteiger partial charge on any atom is 0.162 e. The summed E-state index contributed by atoms with van der Waals surface area (Å²) < 4.78 is 5.32. The number of nitrogens with zero attached hydrogens (tertiary/aromatic N) is 2. The summed E-state index contributed by atoms with van der Waals surface area (Å²) in [6, 6.07) is 0. The number of thiophene rings is 1. The van der Waals surface area contributed by atoms with Crippen LogP contribution >= 0.6 is 11.3 Å². The predicted molar refractivity (Wildman–Crippen MR) is 75.4 cm³/mol. The minimum Gasteiger partial charge on any atom is -0.381 e. The molecule has 1 aliphatic heterocycles. The van der Waals surface area contributed by atoms with E-state index in [9.17, 15) is 0 Å². The number of hydrogen-bond acceptors (Lipinski definition) is 6. The van der Waals surface area contributed by atoms with E-state index in [1.807, 2.05) is 6.92 Å². The van der Waals surface area contributed by atoms with Crippen LogP contribution in [-0.2, 0) is 9.57 Å². The smallest absolute Gasteiger partial charge is 0.162 e. The monoisotopic (exact) mass is 279 g/mol. The fourth-order valence-corrected chi connectivity index (χ4v) is 3.17. The average Bonchev–Trinajstić information content (AvgIpc) is 2.99. The molecule has 2 aromatic heterocycles. The van der Waals surface area contributed by atoms with Gasteiger partial charge in [0.15, 0.2) is 5.82 Å². The van der Waals surface area contributed by atoms with Gasteiger partial charge < -0.3 is 4.74 Å². The van der Waals surface area contributed by atoms with Gasteiger partial charge >= 0.3 is 0 Å². The Hall–Kier alpha value is -1.24. The van der Waals surface area contributed by atoms with Crippen molar-refractivity contribution in [1.82, 2.24) is 9.97 Å². The van der Waals surface area contributed by atoms with Gasteiger partial charge in [0.05, 0.1) is 18.6 Å². The van der Waals surface area contributed by atoms with Crippen LogP contribution in [-0.4, -0.2) is 29.8 Å². The number of anilines is 1. The first-order chi connectivity index (χ1) is 9.24. The summed E-state index contributed by atoms with van der Waals surface area (Å²) in [6.45, 7) is 6.23. The van der Waals surface area contributed by atoms with Crippen molar-refractivity contribution in [3.63, 3.8) is 0 Å². The van der Waals surface area contributed by atoms with Crippen molar-refractivity contribution in [2.45, 2.75) is 20.3 Å². The summed E-state index contributed by atoms with van der Waals surface area (Å²) in [5.74, 6) is 2.00. The third-order valence-corrected chi connectivity index (χ3v) is 4.23. The molecule has 102 valence electrons. The van der Waals surface area contributed by atoms with Gasteiger partial charge in [-0.1, -0.05) is 0 Å². The largest absolute Gasteiger partial charge is 0.381 e. The predicted octanol–water partition coefficient (Wildman–Crippen LogP) is 2.69. The molecule has 3 heterocycles. The number of rotatable bonds is 4. The molecule has 0 amide bonds. The highest BCUT2D eigenvalue weighted by Gasteiger charge is 2.16. The molecule has 0 spiro atoms. The van der Waals surface area contributed by atoms with Gasteiger partial charge in [0.1, 0.15) is 10.7 Å². The Balaban J connectivity index is 1.74. The highest BCUT2D eigenvalue weighted by Crippen LogP contribution is 2.29. The number of aromatic nitrogens is 2. The van der Waals surface area contributed by atoms with Gasteiger partial charge in [0.2, 0.25) is 0 Å². The molecule has 2 aromatic rings. The fraction of sp³-hybridized carbons (Fsp3) is 0.538. The average molecular weight is 279 g/mol. The van der Waals surface area contributed by atoms with Crippen molar-refractivity contribution < 1.29 is 9.57 Å². The van der Waals surface area contributed by atoms with Gasteiger partial charge in [-0.15, -0.1) is 11.3 Å². The van der Waals surface area contributed by atoms with E-state index >= 15 is 0 Å². The van der Waals surface area contributed by atoms with E-state index in [1.54, 1.807) is 11.3 Å². The fourth-order valence-electron chi connectivity index (χ4n) is 2.21. The van der Waals surface area contributed by atoms with Crippen LogP contribution in [0, 0.1) is 19.8 Å². The molecule has 1 fully saturated rings. The highest BCUT2D eigenvalue weighted by molar-refractivity contribution is 7.17. The first kappa shape index (κ1) is 12.8. The summed E-state index contributed by atoms with van der Waals surface area (Å²) >= 11 is 1.63. The van der Waals surface area contributed by atoms with E-state index in [0.717, 1.165) is 41.5 Å². The zero-order chi connectivity index (χ0) is 13.2.